The highest BCUT2D eigenvalue weighted by Gasteiger charge is 2.08. The van der Waals surface area contributed by atoms with E-state index in [0.29, 0.717) is 12.4 Å². The summed E-state index contributed by atoms with van der Waals surface area (Å²) in [6, 6.07) is 6.24. The minimum Gasteiger partial charge on any atom is -0.388 e. The number of aliphatic hydroxyl groups excluding tert-OH is 1. The van der Waals surface area contributed by atoms with Crippen LogP contribution in [0.5, 0.6) is 0 Å². The fourth-order valence-corrected chi connectivity index (χ4v) is 1.90. The van der Waals surface area contributed by atoms with E-state index in [1.165, 1.54) is 5.56 Å². The van der Waals surface area contributed by atoms with E-state index in [1.807, 2.05) is 10.6 Å². The Morgan fingerprint density at radius 2 is 2.31 bits per heavy atom. The fourth-order valence-electron chi connectivity index (χ4n) is 1.90. The van der Waals surface area contributed by atoms with Crippen molar-refractivity contribution in [1.29, 1.82) is 0 Å². The van der Waals surface area contributed by atoms with E-state index < -0.39 is 0 Å². The van der Waals surface area contributed by atoms with E-state index in [1.54, 1.807) is 0 Å². The van der Waals surface area contributed by atoms with Crippen LogP contribution < -0.4 is 0 Å². The van der Waals surface area contributed by atoms with Gasteiger partial charge in [0.1, 0.15) is 12.4 Å². The fraction of sp³-hybridized carbons (Fsp3) is 0.308. The number of benzene rings is 1. The Labute approximate surface area is 95.0 Å². The first kappa shape index (κ1) is 10.9. The lowest BCUT2D eigenvalue weighted by Gasteiger charge is -2.03. The first-order chi connectivity index (χ1) is 7.80. The number of aliphatic hydroxyl groups is 1. The third kappa shape index (κ3) is 1.74. The van der Waals surface area contributed by atoms with Crippen molar-refractivity contribution in [3.63, 3.8) is 0 Å². The molecular formula is C13H16N2O. The van der Waals surface area contributed by atoms with Gasteiger partial charge in [-0.2, -0.15) is 0 Å². The van der Waals surface area contributed by atoms with Gasteiger partial charge in [0.2, 0.25) is 0 Å². The second-order valence-electron chi connectivity index (χ2n) is 3.76. The molecule has 3 nitrogen and oxygen atoms in total. The van der Waals surface area contributed by atoms with E-state index in [0.717, 1.165) is 17.5 Å². The SMILES string of the molecule is C=CCn1c(CO)nc2cc(CC)ccc21. The average molecular weight is 216 g/mol. The average Bonchev–Trinajstić information content (AvgIpc) is 2.67. The lowest BCUT2D eigenvalue weighted by molar-refractivity contribution is 0.267. The second kappa shape index (κ2) is 4.49. The molecule has 84 valence electrons. The lowest BCUT2D eigenvalue weighted by Crippen LogP contribution is -2.01. The molecule has 0 aliphatic rings. The van der Waals surface area contributed by atoms with Crippen LogP contribution in [0.25, 0.3) is 11.0 Å². The van der Waals surface area contributed by atoms with Gasteiger partial charge >= 0.3 is 0 Å². The molecule has 16 heavy (non-hydrogen) atoms. The van der Waals surface area contributed by atoms with Crippen molar-refractivity contribution < 1.29 is 5.11 Å². The van der Waals surface area contributed by atoms with Crippen LogP contribution in [-0.2, 0) is 19.6 Å². The predicted octanol–water partition coefficient (Wildman–Crippen LogP) is 2.28. The molecule has 0 bridgehead atoms. The zero-order chi connectivity index (χ0) is 11.5. The van der Waals surface area contributed by atoms with Gasteiger partial charge in [-0.25, -0.2) is 4.98 Å². The summed E-state index contributed by atoms with van der Waals surface area (Å²) < 4.78 is 1.99. The van der Waals surface area contributed by atoms with E-state index in [9.17, 15) is 5.11 Å². The number of aromatic nitrogens is 2. The molecule has 0 radical (unpaired) electrons. The molecule has 0 spiro atoms. The number of aryl methyl sites for hydroxylation is 1. The Balaban J connectivity index is 2.62. The first-order valence-electron chi connectivity index (χ1n) is 5.50. The maximum absolute atomic E-state index is 9.25. The lowest BCUT2D eigenvalue weighted by atomic mass is 10.1. The molecule has 0 unspecified atom stereocenters. The zero-order valence-electron chi connectivity index (χ0n) is 9.48. The highest BCUT2D eigenvalue weighted by Crippen LogP contribution is 2.18. The largest absolute Gasteiger partial charge is 0.388 e. The summed E-state index contributed by atoms with van der Waals surface area (Å²) in [6.07, 6.45) is 2.81. The van der Waals surface area contributed by atoms with Crippen molar-refractivity contribution in [2.45, 2.75) is 26.5 Å². The highest BCUT2D eigenvalue weighted by molar-refractivity contribution is 5.77. The standard InChI is InChI=1S/C13H16N2O/c1-3-7-15-12-6-5-10(4-2)8-11(12)14-13(15)9-16/h3,5-6,8,16H,1,4,7,9H2,2H3. The van der Waals surface area contributed by atoms with Gasteiger partial charge in [-0.3, -0.25) is 0 Å². The summed E-state index contributed by atoms with van der Waals surface area (Å²) in [5.41, 5.74) is 3.27. The van der Waals surface area contributed by atoms with Gasteiger partial charge in [-0.05, 0) is 24.1 Å². The van der Waals surface area contributed by atoms with Gasteiger partial charge in [0.05, 0.1) is 11.0 Å². The van der Waals surface area contributed by atoms with Crippen molar-refractivity contribution in [3.8, 4) is 0 Å². The molecule has 1 aromatic carbocycles. The van der Waals surface area contributed by atoms with E-state index >= 15 is 0 Å². The molecule has 0 saturated carbocycles. The quantitative estimate of drug-likeness (QED) is 0.796. The summed E-state index contributed by atoms with van der Waals surface area (Å²) in [5, 5.41) is 9.25. The molecule has 0 saturated heterocycles. The topological polar surface area (TPSA) is 38.0 Å². The second-order valence-corrected chi connectivity index (χ2v) is 3.76. The van der Waals surface area contributed by atoms with Gasteiger partial charge < -0.3 is 9.67 Å². The number of imidazole rings is 1. The zero-order valence-corrected chi connectivity index (χ0v) is 9.48. The Bertz CT molecular complexity index is 514. The molecule has 1 heterocycles. The molecule has 1 N–H and O–H groups in total. The molecule has 0 aliphatic carbocycles. The van der Waals surface area contributed by atoms with Crippen LogP contribution in [0.4, 0.5) is 0 Å². The van der Waals surface area contributed by atoms with Gasteiger partial charge in [-0.1, -0.05) is 19.1 Å². The summed E-state index contributed by atoms with van der Waals surface area (Å²) in [7, 11) is 0. The van der Waals surface area contributed by atoms with E-state index in [4.69, 9.17) is 0 Å². The van der Waals surface area contributed by atoms with Crippen LogP contribution in [0.3, 0.4) is 0 Å². The first-order valence-corrected chi connectivity index (χ1v) is 5.50. The third-order valence-corrected chi connectivity index (χ3v) is 2.75. The van der Waals surface area contributed by atoms with Gasteiger partial charge in [-0.15, -0.1) is 6.58 Å². The van der Waals surface area contributed by atoms with Crippen molar-refractivity contribution in [1.82, 2.24) is 9.55 Å². The molecule has 0 atom stereocenters. The molecule has 3 heteroatoms. The van der Waals surface area contributed by atoms with E-state index in [-0.39, 0.29) is 6.61 Å². The monoisotopic (exact) mass is 216 g/mol. The molecular weight excluding hydrogens is 200 g/mol. The number of hydrogen-bond donors (Lipinski definition) is 1. The normalized spacial score (nSPS) is 10.9. The van der Waals surface area contributed by atoms with Crippen LogP contribution in [-0.4, -0.2) is 14.7 Å². The summed E-state index contributed by atoms with van der Waals surface area (Å²) in [4.78, 5) is 4.42. The Morgan fingerprint density at radius 3 is 2.94 bits per heavy atom. The van der Waals surface area contributed by atoms with Crippen molar-refractivity contribution in [2.75, 3.05) is 0 Å². The molecule has 1 aromatic heterocycles. The smallest absolute Gasteiger partial charge is 0.135 e. The van der Waals surface area contributed by atoms with Crippen LogP contribution in [0.1, 0.15) is 18.3 Å². The van der Waals surface area contributed by atoms with E-state index in [2.05, 4.69) is 36.7 Å². The highest BCUT2D eigenvalue weighted by atomic mass is 16.3. The minimum atomic E-state index is -0.0377. The Morgan fingerprint density at radius 1 is 1.50 bits per heavy atom. The van der Waals surface area contributed by atoms with Crippen LogP contribution in [0, 0.1) is 0 Å². The predicted molar refractivity (Wildman–Crippen MR) is 65.2 cm³/mol. The number of hydrogen-bond acceptors (Lipinski definition) is 2. The molecule has 0 fully saturated rings. The maximum atomic E-state index is 9.25. The molecule has 0 amide bonds. The molecule has 2 rings (SSSR count). The molecule has 2 aromatic rings. The van der Waals surface area contributed by atoms with Gasteiger partial charge in [0.15, 0.2) is 0 Å². The van der Waals surface area contributed by atoms with Crippen LogP contribution >= 0.6 is 0 Å². The molecule has 0 aliphatic heterocycles. The summed E-state index contributed by atoms with van der Waals surface area (Å²) >= 11 is 0. The van der Waals surface area contributed by atoms with Crippen molar-refractivity contribution in [2.24, 2.45) is 0 Å². The summed E-state index contributed by atoms with van der Waals surface area (Å²) in [5.74, 6) is 0.697. The van der Waals surface area contributed by atoms with Crippen molar-refractivity contribution >= 4 is 11.0 Å². The van der Waals surface area contributed by atoms with Gasteiger partial charge in [0.25, 0.3) is 0 Å². The Kier molecular flexibility index (Phi) is 3.06. The summed E-state index contributed by atoms with van der Waals surface area (Å²) in [6.45, 7) is 6.48. The van der Waals surface area contributed by atoms with Crippen molar-refractivity contribution in [3.05, 3.63) is 42.2 Å². The number of fused-ring (bicyclic) bond motifs is 1. The third-order valence-electron chi connectivity index (χ3n) is 2.75. The number of rotatable bonds is 4. The van der Waals surface area contributed by atoms with Crippen LogP contribution in [0.15, 0.2) is 30.9 Å². The maximum Gasteiger partial charge on any atom is 0.135 e. The minimum absolute atomic E-state index is 0.0377. The number of nitrogens with zero attached hydrogens (tertiary/aromatic N) is 2. The Hall–Kier alpha value is -1.61. The van der Waals surface area contributed by atoms with Crippen LogP contribution in [0.2, 0.25) is 0 Å². The number of allylic oxidation sites excluding steroid dienone is 1. The van der Waals surface area contributed by atoms with Gasteiger partial charge in [0, 0.05) is 6.54 Å².